The molecule has 1 saturated heterocycles. The van der Waals surface area contributed by atoms with Gasteiger partial charge in [0.05, 0.1) is 10.5 Å². The fourth-order valence-electron chi connectivity index (χ4n) is 4.08. The predicted octanol–water partition coefficient (Wildman–Crippen LogP) is 5.06. The molecule has 1 N–H and O–H groups in total. The van der Waals surface area contributed by atoms with Gasteiger partial charge in [-0.05, 0) is 59.7 Å². The molecule has 4 rings (SSSR count). The van der Waals surface area contributed by atoms with E-state index in [9.17, 15) is 13.2 Å². The number of nitrogens with one attached hydrogen (secondary N) is 1. The summed E-state index contributed by atoms with van der Waals surface area (Å²) >= 11 is 1.46. The lowest BCUT2D eigenvalue weighted by molar-refractivity contribution is 0.0758. The average molecular weight is 469 g/mol. The highest BCUT2D eigenvalue weighted by Crippen LogP contribution is 2.26. The normalized spacial score (nSPS) is 15.0. The summed E-state index contributed by atoms with van der Waals surface area (Å²) in [6.07, 6.45) is 6.15. The molecule has 5 nitrogen and oxygen atoms in total. The molecule has 0 bridgehead atoms. The first-order valence-electron chi connectivity index (χ1n) is 10.9. The molecule has 0 unspecified atom stereocenters. The van der Waals surface area contributed by atoms with Crippen LogP contribution in [0, 0.1) is 0 Å². The number of thioether (sulfide) groups is 1. The number of carbonyl (C=O) groups is 1. The van der Waals surface area contributed by atoms with Gasteiger partial charge < -0.3 is 4.90 Å². The van der Waals surface area contributed by atoms with Crippen LogP contribution in [0.3, 0.4) is 0 Å². The number of hydrogen-bond donors (Lipinski definition) is 1. The van der Waals surface area contributed by atoms with Gasteiger partial charge >= 0.3 is 0 Å². The molecular weight excluding hydrogens is 440 g/mol. The lowest BCUT2D eigenvalue weighted by Gasteiger charge is -2.22. The Kier molecular flexibility index (Phi) is 7.18. The summed E-state index contributed by atoms with van der Waals surface area (Å²) in [5.41, 5.74) is 1.35. The van der Waals surface area contributed by atoms with Crippen LogP contribution >= 0.6 is 11.8 Å². The Bertz CT molecular complexity index is 1220. The van der Waals surface area contributed by atoms with Crippen LogP contribution < -0.4 is 4.72 Å². The number of carbonyl (C=O) groups excluding carboxylic acids is 1. The maximum atomic E-state index is 13.2. The maximum Gasteiger partial charge on any atom is 0.255 e. The molecule has 1 aliphatic heterocycles. The summed E-state index contributed by atoms with van der Waals surface area (Å²) in [5, 5.41) is 2.18. The number of sulfonamides is 1. The van der Waals surface area contributed by atoms with Crippen molar-refractivity contribution < 1.29 is 13.2 Å². The number of amides is 1. The Balaban J connectivity index is 1.55. The topological polar surface area (TPSA) is 66.5 Å². The number of nitrogens with zero attached hydrogens (tertiary/aromatic N) is 1. The molecule has 0 spiro atoms. The Hall–Kier alpha value is -2.35. The molecule has 0 saturated carbocycles. The van der Waals surface area contributed by atoms with Gasteiger partial charge in [0.2, 0.25) is 10.0 Å². The average Bonchev–Trinajstić information content (AvgIpc) is 3.11. The van der Waals surface area contributed by atoms with E-state index in [1.54, 1.807) is 12.1 Å². The standard InChI is InChI=1S/C25H28N2O3S2/c1-31-24-13-12-22(17-23(24)25(28)27-14-6-2-3-7-15-27)32(29,30)26-18-19-10-11-20-8-4-5-9-21(20)16-19/h4-5,8-13,16-17,26H,2-3,6-7,14-15,18H2,1H3. The van der Waals surface area contributed by atoms with Crippen molar-refractivity contribution in [2.24, 2.45) is 0 Å². The van der Waals surface area contributed by atoms with Crippen molar-refractivity contribution in [3.63, 3.8) is 0 Å². The van der Waals surface area contributed by atoms with Gasteiger partial charge in [0.1, 0.15) is 0 Å². The number of fused-ring (bicyclic) bond motifs is 1. The zero-order chi connectivity index (χ0) is 22.6. The molecule has 1 aliphatic rings. The summed E-state index contributed by atoms with van der Waals surface area (Å²) in [7, 11) is -3.76. The number of rotatable bonds is 6. The smallest absolute Gasteiger partial charge is 0.255 e. The second-order valence-corrected chi connectivity index (χ2v) is 10.7. The van der Waals surface area contributed by atoms with E-state index in [2.05, 4.69) is 4.72 Å². The quantitative estimate of drug-likeness (QED) is 0.514. The zero-order valence-electron chi connectivity index (χ0n) is 18.2. The van der Waals surface area contributed by atoms with Crippen LogP contribution in [0.2, 0.25) is 0 Å². The van der Waals surface area contributed by atoms with Crippen LogP contribution in [0.15, 0.2) is 70.5 Å². The Morgan fingerprint density at radius 2 is 1.66 bits per heavy atom. The first kappa shape index (κ1) is 22.8. The molecule has 1 amide bonds. The summed E-state index contributed by atoms with van der Waals surface area (Å²) in [6.45, 7) is 1.64. The molecule has 3 aromatic rings. The van der Waals surface area contributed by atoms with Crippen molar-refractivity contribution in [3.05, 3.63) is 71.8 Å². The van der Waals surface area contributed by atoms with Crippen LogP contribution in [-0.4, -0.2) is 38.6 Å². The van der Waals surface area contributed by atoms with Gasteiger partial charge in [-0.25, -0.2) is 13.1 Å². The van der Waals surface area contributed by atoms with E-state index < -0.39 is 10.0 Å². The number of hydrogen-bond acceptors (Lipinski definition) is 4. The second kappa shape index (κ2) is 10.1. The second-order valence-electron chi connectivity index (χ2n) is 8.07. The van der Waals surface area contributed by atoms with Crippen LogP contribution in [0.5, 0.6) is 0 Å². The van der Waals surface area contributed by atoms with E-state index in [-0.39, 0.29) is 17.3 Å². The highest BCUT2D eigenvalue weighted by molar-refractivity contribution is 7.98. The van der Waals surface area contributed by atoms with Crippen molar-refractivity contribution >= 4 is 38.5 Å². The van der Waals surface area contributed by atoms with Crippen LogP contribution in [0.25, 0.3) is 10.8 Å². The van der Waals surface area contributed by atoms with Crippen molar-refractivity contribution in [2.75, 3.05) is 19.3 Å². The first-order chi connectivity index (χ1) is 15.5. The summed E-state index contributed by atoms with van der Waals surface area (Å²) in [6, 6.07) is 18.7. The molecule has 3 aromatic carbocycles. The van der Waals surface area contributed by atoms with Gasteiger partial charge in [0, 0.05) is 24.5 Å². The Morgan fingerprint density at radius 1 is 0.938 bits per heavy atom. The van der Waals surface area contributed by atoms with Gasteiger partial charge in [-0.15, -0.1) is 11.8 Å². The molecule has 0 aromatic heterocycles. The monoisotopic (exact) mass is 468 g/mol. The van der Waals surface area contributed by atoms with Gasteiger partial charge in [-0.1, -0.05) is 49.2 Å². The predicted molar refractivity (Wildman–Crippen MR) is 131 cm³/mol. The molecule has 32 heavy (non-hydrogen) atoms. The van der Waals surface area contributed by atoms with Crippen molar-refractivity contribution in [1.29, 1.82) is 0 Å². The highest BCUT2D eigenvalue weighted by atomic mass is 32.2. The van der Waals surface area contributed by atoms with E-state index in [4.69, 9.17) is 0 Å². The van der Waals surface area contributed by atoms with E-state index >= 15 is 0 Å². The van der Waals surface area contributed by atoms with E-state index in [1.807, 2.05) is 53.6 Å². The Labute approximate surface area is 194 Å². The molecular formula is C25H28N2O3S2. The van der Waals surface area contributed by atoms with Crippen molar-refractivity contribution in [3.8, 4) is 0 Å². The first-order valence-corrected chi connectivity index (χ1v) is 13.6. The van der Waals surface area contributed by atoms with E-state index in [1.165, 1.54) is 17.8 Å². The molecule has 7 heteroatoms. The van der Waals surface area contributed by atoms with Gasteiger partial charge in [-0.2, -0.15) is 0 Å². The fourth-order valence-corrected chi connectivity index (χ4v) is 5.69. The minimum atomic E-state index is -3.76. The largest absolute Gasteiger partial charge is 0.339 e. The summed E-state index contributed by atoms with van der Waals surface area (Å²) in [4.78, 5) is 16.0. The van der Waals surface area contributed by atoms with Gasteiger partial charge in [-0.3, -0.25) is 4.79 Å². The number of benzene rings is 3. The van der Waals surface area contributed by atoms with Gasteiger partial charge in [0.15, 0.2) is 0 Å². The fraction of sp³-hybridized carbons (Fsp3) is 0.320. The third-order valence-electron chi connectivity index (χ3n) is 5.89. The molecule has 168 valence electrons. The summed E-state index contributed by atoms with van der Waals surface area (Å²) in [5.74, 6) is -0.0807. The summed E-state index contributed by atoms with van der Waals surface area (Å²) < 4.78 is 28.8. The van der Waals surface area contributed by atoms with Gasteiger partial charge in [0.25, 0.3) is 5.91 Å². The minimum absolute atomic E-state index is 0.0807. The van der Waals surface area contributed by atoms with Crippen LogP contribution in [0.4, 0.5) is 0 Å². The third kappa shape index (κ3) is 5.17. The van der Waals surface area contributed by atoms with Crippen LogP contribution in [-0.2, 0) is 16.6 Å². The van der Waals surface area contributed by atoms with E-state index in [0.717, 1.165) is 60.0 Å². The zero-order valence-corrected chi connectivity index (χ0v) is 19.8. The van der Waals surface area contributed by atoms with E-state index in [0.29, 0.717) is 5.56 Å². The molecule has 1 heterocycles. The highest BCUT2D eigenvalue weighted by Gasteiger charge is 2.23. The molecule has 0 aliphatic carbocycles. The SMILES string of the molecule is CSc1ccc(S(=O)(=O)NCc2ccc3ccccc3c2)cc1C(=O)N1CCCCCC1. The minimum Gasteiger partial charge on any atom is -0.339 e. The lowest BCUT2D eigenvalue weighted by atomic mass is 10.1. The third-order valence-corrected chi connectivity index (χ3v) is 8.08. The number of likely N-dealkylation sites (tertiary alicyclic amines) is 1. The molecule has 0 atom stereocenters. The van der Waals surface area contributed by atoms with Crippen LogP contribution in [0.1, 0.15) is 41.6 Å². The van der Waals surface area contributed by atoms with Crippen molar-refractivity contribution in [2.45, 2.75) is 42.0 Å². The Morgan fingerprint density at radius 3 is 2.38 bits per heavy atom. The maximum absolute atomic E-state index is 13.2. The molecule has 0 radical (unpaired) electrons. The lowest BCUT2D eigenvalue weighted by Crippen LogP contribution is -2.32. The van der Waals surface area contributed by atoms with Crippen molar-refractivity contribution in [1.82, 2.24) is 9.62 Å². The molecule has 1 fully saturated rings.